The van der Waals surface area contributed by atoms with Crippen LogP contribution in [0.3, 0.4) is 0 Å². The number of piperidine rings is 1. The van der Waals surface area contributed by atoms with E-state index >= 15 is 0 Å². The summed E-state index contributed by atoms with van der Waals surface area (Å²) >= 11 is 0. The van der Waals surface area contributed by atoms with E-state index in [1.54, 1.807) is 23.6 Å². The van der Waals surface area contributed by atoms with E-state index in [0.717, 1.165) is 4.57 Å². The number of nitrogens with two attached hydrogens (primary N) is 1. The molecule has 3 rings (SSSR count). The Balaban J connectivity index is 0.00000243. The first-order valence-electron chi connectivity index (χ1n) is 8.27. The quantitative estimate of drug-likeness (QED) is 0.746. The molecule has 0 spiro atoms. The number of aryl methyl sites for hydroxylation is 2. The number of fused-ring (bicyclic) bond motifs is 1. The minimum Gasteiger partial charge on any atom is -0.340 e. The van der Waals surface area contributed by atoms with Gasteiger partial charge in [0.05, 0.1) is 6.33 Å². The molecular weight excluding hydrogens is 360 g/mol. The van der Waals surface area contributed by atoms with Crippen molar-refractivity contribution >= 4 is 29.5 Å². The van der Waals surface area contributed by atoms with E-state index in [1.165, 1.54) is 10.9 Å². The third-order valence-corrected chi connectivity index (χ3v) is 5.16. The number of carbonyl (C=O) groups excluding carboxylic acids is 1. The molecule has 3 heterocycles. The molecule has 1 amide bonds. The first-order valence-corrected chi connectivity index (χ1v) is 8.27. The van der Waals surface area contributed by atoms with Crippen LogP contribution in [0.1, 0.15) is 20.3 Å². The molecule has 0 aromatic carbocycles. The lowest BCUT2D eigenvalue weighted by molar-refractivity contribution is -0.135. The topological polar surface area (TPSA) is 108 Å². The van der Waals surface area contributed by atoms with E-state index in [4.69, 9.17) is 5.73 Å². The number of hydrogen-bond donors (Lipinski definition) is 1. The highest BCUT2D eigenvalue weighted by Crippen LogP contribution is 2.27. The van der Waals surface area contributed by atoms with Crippen LogP contribution in [0.5, 0.6) is 0 Å². The number of rotatable bonds is 2. The van der Waals surface area contributed by atoms with Crippen molar-refractivity contribution in [1.82, 2.24) is 23.6 Å². The van der Waals surface area contributed by atoms with E-state index < -0.39 is 11.2 Å². The van der Waals surface area contributed by atoms with Crippen LogP contribution in [0.2, 0.25) is 0 Å². The fourth-order valence-electron chi connectivity index (χ4n) is 3.36. The van der Waals surface area contributed by atoms with E-state index in [-0.39, 0.29) is 36.3 Å². The lowest BCUT2D eigenvalue weighted by atomic mass is 9.79. The average Bonchev–Trinajstić information content (AvgIpc) is 2.93. The van der Waals surface area contributed by atoms with Crippen molar-refractivity contribution in [1.29, 1.82) is 0 Å². The molecule has 1 atom stereocenters. The summed E-state index contributed by atoms with van der Waals surface area (Å²) < 4.78 is 3.83. The Morgan fingerprint density at radius 3 is 2.62 bits per heavy atom. The predicted octanol–water partition coefficient (Wildman–Crippen LogP) is -0.559. The molecule has 10 heteroatoms. The van der Waals surface area contributed by atoms with Crippen molar-refractivity contribution in [2.24, 2.45) is 25.2 Å². The van der Waals surface area contributed by atoms with Gasteiger partial charge in [-0.3, -0.25) is 14.2 Å². The fourth-order valence-corrected chi connectivity index (χ4v) is 3.36. The van der Waals surface area contributed by atoms with Gasteiger partial charge in [0, 0.05) is 33.2 Å². The monoisotopic (exact) mass is 384 g/mol. The number of aromatic nitrogens is 4. The van der Waals surface area contributed by atoms with Crippen LogP contribution in [-0.2, 0) is 25.4 Å². The number of imidazole rings is 1. The molecule has 9 nitrogen and oxygen atoms in total. The van der Waals surface area contributed by atoms with Gasteiger partial charge in [-0.05, 0) is 11.8 Å². The molecule has 1 unspecified atom stereocenters. The summed E-state index contributed by atoms with van der Waals surface area (Å²) in [7, 11) is 3.23. The van der Waals surface area contributed by atoms with E-state index in [0.29, 0.717) is 30.7 Å². The van der Waals surface area contributed by atoms with Crippen molar-refractivity contribution in [3.05, 3.63) is 27.2 Å². The van der Waals surface area contributed by atoms with Gasteiger partial charge in [0.15, 0.2) is 11.2 Å². The largest absolute Gasteiger partial charge is 0.340 e. The molecule has 1 aliphatic rings. The zero-order chi connectivity index (χ0) is 18.5. The van der Waals surface area contributed by atoms with Crippen LogP contribution < -0.4 is 17.0 Å². The molecule has 144 valence electrons. The number of likely N-dealkylation sites (tertiary alicyclic amines) is 1. The van der Waals surface area contributed by atoms with Crippen LogP contribution in [0.4, 0.5) is 0 Å². The number of hydrogen-bond acceptors (Lipinski definition) is 5. The average molecular weight is 385 g/mol. The molecule has 0 saturated carbocycles. The zero-order valence-electron chi connectivity index (χ0n) is 15.4. The van der Waals surface area contributed by atoms with Crippen molar-refractivity contribution < 1.29 is 4.79 Å². The van der Waals surface area contributed by atoms with Gasteiger partial charge in [0.2, 0.25) is 5.91 Å². The van der Waals surface area contributed by atoms with Gasteiger partial charge < -0.3 is 15.2 Å². The molecule has 2 aromatic rings. The van der Waals surface area contributed by atoms with Gasteiger partial charge >= 0.3 is 5.69 Å². The Labute approximate surface area is 156 Å². The number of amides is 1. The Bertz CT molecular complexity index is 957. The van der Waals surface area contributed by atoms with Crippen molar-refractivity contribution in [2.45, 2.75) is 32.9 Å². The van der Waals surface area contributed by atoms with Crippen LogP contribution in [0, 0.1) is 5.41 Å². The van der Waals surface area contributed by atoms with Crippen LogP contribution in [0.15, 0.2) is 15.9 Å². The highest BCUT2D eigenvalue weighted by molar-refractivity contribution is 5.85. The summed E-state index contributed by atoms with van der Waals surface area (Å²) in [6.45, 7) is 4.80. The minimum atomic E-state index is -0.544. The number of halogens is 1. The van der Waals surface area contributed by atoms with Crippen molar-refractivity contribution in [3.8, 4) is 0 Å². The van der Waals surface area contributed by atoms with Gasteiger partial charge in [0.25, 0.3) is 5.56 Å². The molecule has 0 aliphatic carbocycles. The summed E-state index contributed by atoms with van der Waals surface area (Å²) in [6, 6.07) is 0.0259. The minimum absolute atomic E-state index is 0. The molecule has 2 N–H and O–H groups in total. The maximum absolute atomic E-state index is 12.7. The van der Waals surface area contributed by atoms with Crippen molar-refractivity contribution in [2.75, 3.05) is 13.1 Å². The second-order valence-electron chi connectivity index (χ2n) is 7.46. The summed E-state index contributed by atoms with van der Waals surface area (Å²) in [4.78, 5) is 43.6. The highest BCUT2D eigenvalue weighted by Gasteiger charge is 2.35. The van der Waals surface area contributed by atoms with E-state index in [2.05, 4.69) is 4.98 Å². The van der Waals surface area contributed by atoms with Gasteiger partial charge in [-0.15, -0.1) is 12.4 Å². The smallest absolute Gasteiger partial charge is 0.332 e. The fraction of sp³-hybridized carbons (Fsp3) is 0.625. The number of nitrogens with zero attached hydrogens (tertiary/aromatic N) is 5. The first kappa shape index (κ1) is 20.2. The Morgan fingerprint density at radius 2 is 2.00 bits per heavy atom. The Kier molecular flexibility index (Phi) is 5.34. The molecule has 0 radical (unpaired) electrons. The molecule has 0 bridgehead atoms. The summed E-state index contributed by atoms with van der Waals surface area (Å²) in [6.07, 6.45) is 2.18. The Morgan fingerprint density at radius 1 is 1.35 bits per heavy atom. The summed E-state index contributed by atoms with van der Waals surface area (Å²) in [5.74, 6) is -0.249. The lowest BCUT2D eigenvalue weighted by Crippen LogP contribution is -2.55. The standard InChI is InChI=1S/C16H24N6O3.ClH/c1-16(2)8-21(6-5-10(16)17)11(23)7-22-14(24)12-13(18-9-19(12)3)20(4)15(22)25;/h9-10H,5-8,17H2,1-4H3;1H. The molecule has 1 fully saturated rings. The zero-order valence-corrected chi connectivity index (χ0v) is 16.2. The maximum Gasteiger partial charge on any atom is 0.332 e. The van der Waals surface area contributed by atoms with Gasteiger partial charge in [-0.1, -0.05) is 13.8 Å². The third kappa shape index (κ3) is 3.16. The molecule has 2 aromatic heterocycles. The van der Waals surface area contributed by atoms with E-state index in [9.17, 15) is 14.4 Å². The second-order valence-corrected chi connectivity index (χ2v) is 7.46. The summed E-state index contributed by atoms with van der Waals surface area (Å²) in [5, 5.41) is 0. The third-order valence-electron chi connectivity index (χ3n) is 5.16. The van der Waals surface area contributed by atoms with Crippen molar-refractivity contribution in [3.63, 3.8) is 0 Å². The van der Waals surface area contributed by atoms with Gasteiger partial charge in [0.1, 0.15) is 6.54 Å². The van der Waals surface area contributed by atoms with E-state index in [1.807, 2.05) is 13.8 Å². The normalized spacial score (nSPS) is 19.4. The Hall–Kier alpha value is -2.13. The maximum atomic E-state index is 12.7. The predicted molar refractivity (Wildman–Crippen MR) is 100 cm³/mol. The lowest BCUT2D eigenvalue weighted by Gasteiger charge is -2.42. The van der Waals surface area contributed by atoms with Gasteiger partial charge in [-0.2, -0.15) is 0 Å². The van der Waals surface area contributed by atoms with Gasteiger partial charge in [-0.25, -0.2) is 14.3 Å². The first-order chi connectivity index (χ1) is 11.6. The molecule has 1 saturated heterocycles. The number of carbonyl (C=O) groups is 1. The summed E-state index contributed by atoms with van der Waals surface area (Å²) in [5.41, 5.74) is 5.48. The molecule has 1 aliphatic heterocycles. The molecule has 26 heavy (non-hydrogen) atoms. The van der Waals surface area contributed by atoms with Crippen LogP contribution in [-0.4, -0.2) is 48.6 Å². The molecular formula is C16H25ClN6O3. The highest BCUT2D eigenvalue weighted by atomic mass is 35.5. The van der Waals surface area contributed by atoms with Crippen LogP contribution in [0.25, 0.3) is 11.2 Å². The second kappa shape index (κ2) is 6.88. The SMILES string of the molecule is Cl.Cn1cnc2c1c(=O)n(CC(=O)N1CCC(N)C(C)(C)C1)c(=O)n2C. The van der Waals surface area contributed by atoms with Crippen LogP contribution >= 0.6 is 12.4 Å².